The summed E-state index contributed by atoms with van der Waals surface area (Å²) in [6.45, 7) is 8.76. The average Bonchev–Trinajstić information content (AvgIpc) is 3.02. The fraction of sp³-hybridized carbons (Fsp3) is 0.400. The zero-order chi connectivity index (χ0) is 22.5. The maximum absolute atomic E-state index is 8.13. The summed E-state index contributed by atoms with van der Waals surface area (Å²) in [6.07, 6.45) is 0. The average molecular weight is 483 g/mol. The molecule has 0 saturated heterocycles. The summed E-state index contributed by atoms with van der Waals surface area (Å²) in [5.74, 6) is 0. The molecule has 0 aromatic carbocycles. The summed E-state index contributed by atoms with van der Waals surface area (Å²) in [6, 6.07) is 5.71. The Bertz CT molecular complexity index is 1120. The predicted octanol–water partition coefficient (Wildman–Crippen LogP) is 2.50. The number of allylic oxidation sites excluding steroid dienone is 2. The van der Waals surface area contributed by atoms with Crippen LogP contribution in [-0.4, -0.2) is 18.3 Å². The Morgan fingerprint density at radius 2 is 0.759 bits per heavy atom. The molecule has 2 aromatic heterocycles. The van der Waals surface area contributed by atoms with Crippen LogP contribution in [-0.2, 0) is 45.3 Å². The molecule has 2 rings (SSSR count). The van der Waals surface area contributed by atoms with Crippen molar-refractivity contribution < 1.29 is 17.1 Å². The van der Waals surface area contributed by atoms with Crippen molar-refractivity contribution in [3.05, 3.63) is 41.7 Å². The fourth-order valence-electron chi connectivity index (χ4n) is 2.48. The zero-order valence-electron chi connectivity index (χ0n) is 17.9. The van der Waals surface area contributed by atoms with Gasteiger partial charge in [0.2, 0.25) is 0 Å². The van der Waals surface area contributed by atoms with Crippen LogP contribution >= 0.6 is 0 Å². The van der Waals surface area contributed by atoms with E-state index in [2.05, 4.69) is 74.2 Å². The van der Waals surface area contributed by atoms with Gasteiger partial charge in [-0.1, -0.05) is 0 Å². The number of nitrogens with zero attached hydrogens (tertiary/aromatic N) is 8. The molecule has 0 aliphatic rings. The van der Waals surface area contributed by atoms with Crippen molar-refractivity contribution >= 4 is 0 Å². The van der Waals surface area contributed by atoms with E-state index in [9.17, 15) is 0 Å². The minimum absolute atomic E-state index is 0.427. The van der Waals surface area contributed by atoms with Crippen LogP contribution in [0.15, 0.2) is 11.1 Å². The Labute approximate surface area is 178 Å². The Balaban J connectivity index is 0.000000359. The van der Waals surface area contributed by atoms with Gasteiger partial charge in [-0.05, 0) is 0 Å². The molecule has 0 aliphatic carbocycles. The third-order valence-electron chi connectivity index (χ3n) is 4.92. The van der Waals surface area contributed by atoms with E-state index in [1.165, 1.54) is 54.8 Å². The molecule has 8 nitrogen and oxygen atoms in total. The largest absolute Gasteiger partial charge is 0.192 e. The molecule has 0 atom stereocenters. The van der Waals surface area contributed by atoms with Crippen LogP contribution in [0.1, 0.15) is 22.8 Å². The van der Waals surface area contributed by atoms with Crippen LogP contribution < -0.4 is 0 Å². The van der Waals surface area contributed by atoms with E-state index in [1.54, 1.807) is 0 Å². The van der Waals surface area contributed by atoms with Gasteiger partial charge >= 0.3 is 122 Å². The molecule has 0 N–H and O–H groups in total. The van der Waals surface area contributed by atoms with Crippen molar-refractivity contribution in [1.82, 2.24) is 18.3 Å². The molecular weight excluding hydrogens is 459 g/mol. The molecule has 29 heavy (non-hydrogen) atoms. The van der Waals surface area contributed by atoms with E-state index in [0.717, 1.165) is 0 Å². The Hall–Kier alpha value is -3.22. The molecular formula is C20H24N8Pd. The third kappa shape index (κ3) is 4.62. The summed E-state index contributed by atoms with van der Waals surface area (Å²) in [5, 5.41) is 32.5. The van der Waals surface area contributed by atoms with Crippen molar-refractivity contribution in [3.63, 3.8) is 0 Å². The SMILES string of the molecule is Cc1c(C)n(C)[c](=[Pd]=[c]2n(C)c(C)c(C)n2C)n1C.N#CC(C#N)=C(C#N)C#N. The monoisotopic (exact) mass is 482 g/mol. The van der Waals surface area contributed by atoms with Crippen molar-refractivity contribution in [2.24, 2.45) is 28.2 Å². The molecule has 9 heteroatoms. The fourth-order valence-corrected chi connectivity index (χ4v) is 4.88. The Morgan fingerprint density at radius 3 is 0.931 bits per heavy atom. The molecule has 0 radical (unpaired) electrons. The number of imidazole rings is 2. The van der Waals surface area contributed by atoms with Gasteiger partial charge in [0, 0.05) is 0 Å². The maximum atomic E-state index is 8.13. The van der Waals surface area contributed by atoms with Crippen LogP contribution in [0.3, 0.4) is 0 Å². The smallest absolute Gasteiger partial charge is 0.158 e. The van der Waals surface area contributed by atoms with Crippen molar-refractivity contribution in [1.29, 1.82) is 21.0 Å². The van der Waals surface area contributed by atoms with Crippen LogP contribution in [0.25, 0.3) is 0 Å². The van der Waals surface area contributed by atoms with Crippen LogP contribution in [0, 0.1) is 80.8 Å². The van der Waals surface area contributed by atoms with Crippen molar-refractivity contribution in [3.8, 4) is 24.3 Å². The van der Waals surface area contributed by atoms with Gasteiger partial charge in [-0.3, -0.25) is 0 Å². The molecule has 2 aromatic rings. The molecule has 0 spiro atoms. The van der Waals surface area contributed by atoms with Crippen LogP contribution in [0.2, 0.25) is 0 Å². The normalized spacial score (nSPS) is 9.52. The molecule has 0 unspecified atom stereocenters. The Kier molecular flexibility index (Phi) is 8.07. The number of hydrogen-bond donors (Lipinski definition) is 0. The van der Waals surface area contributed by atoms with Crippen LogP contribution in [0.4, 0.5) is 0 Å². The molecule has 154 valence electrons. The van der Waals surface area contributed by atoms with E-state index < -0.39 is 11.1 Å². The van der Waals surface area contributed by atoms with Gasteiger partial charge in [0.25, 0.3) is 0 Å². The molecule has 2 heterocycles. The molecule has 0 fully saturated rings. The summed E-state index contributed by atoms with van der Waals surface area (Å²) in [5.41, 5.74) is 4.51. The number of aromatic nitrogens is 4. The number of rotatable bonds is 0. The van der Waals surface area contributed by atoms with E-state index in [4.69, 9.17) is 21.0 Å². The van der Waals surface area contributed by atoms with E-state index in [1.807, 2.05) is 0 Å². The Morgan fingerprint density at radius 1 is 0.552 bits per heavy atom. The maximum Gasteiger partial charge on any atom is 0.158 e. The van der Waals surface area contributed by atoms with Gasteiger partial charge < -0.3 is 0 Å². The summed E-state index contributed by atoms with van der Waals surface area (Å²) in [7, 11) is 8.66. The molecule has 0 saturated carbocycles. The molecule has 0 aliphatic heterocycles. The first kappa shape index (κ1) is 23.8. The van der Waals surface area contributed by atoms with Gasteiger partial charge in [0.15, 0.2) is 11.1 Å². The second-order valence-corrected chi connectivity index (χ2v) is 8.12. The van der Waals surface area contributed by atoms with E-state index in [-0.39, 0.29) is 0 Å². The van der Waals surface area contributed by atoms with Gasteiger partial charge in [-0.15, -0.1) is 0 Å². The van der Waals surface area contributed by atoms with Gasteiger partial charge in [0.1, 0.15) is 24.3 Å². The number of nitriles is 4. The standard InChI is InChI=1S/2C7H12N2.C6N4.Pd/c2*1-6-7(2)9(4)5-8(6)3;7-1-5(2-8)6(3-9)4-10;/h2*1-4H3;;. The topological polar surface area (TPSA) is 115 Å². The second kappa shape index (κ2) is 9.82. The first-order valence-corrected chi connectivity index (χ1v) is 10.1. The predicted molar refractivity (Wildman–Crippen MR) is 104 cm³/mol. The summed E-state index contributed by atoms with van der Waals surface area (Å²) in [4.78, 5) is 0. The van der Waals surface area contributed by atoms with Crippen LogP contribution in [0.5, 0.6) is 0 Å². The van der Waals surface area contributed by atoms with Gasteiger partial charge in [0.05, 0.1) is 0 Å². The van der Waals surface area contributed by atoms with Gasteiger partial charge in [-0.2, -0.15) is 21.0 Å². The third-order valence-corrected chi connectivity index (χ3v) is 7.70. The summed E-state index contributed by atoms with van der Waals surface area (Å²) >= 11 is 0.427. The van der Waals surface area contributed by atoms with Crippen molar-refractivity contribution in [2.45, 2.75) is 27.7 Å². The van der Waals surface area contributed by atoms with E-state index >= 15 is 0 Å². The van der Waals surface area contributed by atoms with Crippen molar-refractivity contribution in [2.75, 3.05) is 0 Å². The minimum atomic E-state index is -0.440. The zero-order valence-corrected chi connectivity index (χ0v) is 19.4. The first-order chi connectivity index (χ1) is 13.6. The second-order valence-electron chi connectivity index (χ2n) is 6.34. The minimum Gasteiger partial charge on any atom is -0.192 e. The number of hydrogen-bond acceptors (Lipinski definition) is 4. The van der Waals surface area contributed by atoms with E-state index in [0.29, 0.717) is 17.1 Å². The summed E-state index contributed by atoms with van der Waals surface area (Å²) < 4.78 is 12.1. The first-order valence-electron chi connectivity index (χ1n) is 8.54. The molecule has 0 amide bonds. The quantitative estimate of drug-likeness (QED) is 0.423. The molecule has 0 bridgehead atoms. The van der Waals surface area contributed by atoms with Gasteiger partial charge in [-0.25, -0.2) is 0 Å².